The second-order valence-corrected chi connectivity index (χ2v) is 7.61. The molecule has 2 aromatic rings. The molecule has 0 aliphatic carbocycles. The molecule has 1 saturated heterocycles. The minimum Gasteiger partial charge on any atom is -0.268 e. The van der Waals surface area contributed by atoms with Gasteiger partial charge in [0.15, 0.2) is 0 Å². The third-order valence-corrected chi connectivity index (χ3v) is 5.35. The monoisotopic (exact) mass is 433 g/mol. The molecule has 0 unspecified atom stereocenters. The predicted octanol–water partition coefficient (Wildman–Crippen LogP) is 5.90. The molecule has 6 heteroatoms. The number of rotatable bonds is 4. The Hall–Kier alpha value is -1.82. The number of benzene rings is 2. The van der Waals surface area contributed by atoms with Crippen molar-refractivity contribution in [2.75, 3.05) is 0 Å². The highest BCUT2D eigenvalue weighted by Crippen LogP contribution is 2.32. The number of nitrogens with zero attached hydrogens (tertiary/aromatic N) is 1. The topological polar surface area (TPSA) is 37.4 Å². The van der Waals surface area contributed by atoms with Gasteiger partial charge >= 0.3 is 0 Å². The van der Waals surface area contributed by atoms with Crippen LogP contribution in [0.5, 0.6) is 0 Å². The summed E-state index contributed by atoms with van der Waals surface area (Å²) in [6.45, 7) is 0.267. The van der Waals surface area contributed by atoms with Crippen LogP contribution < -0.4 is 0 Å². The van der Waals surface area contributed by atoms with Crippen LogP contribution in [0.3, 0.4) is 0 Å². The van der Waals surface area contributed by atoms with Gasteiger partial charge in [0, 0.05) is 9.50 Å². The number of thioether (sulfide) groups is 1. The van der Waals surface area contributed by atoms with E-state index in [0.717, 1.165) is 27.4 Å². The molecular weight excluding hydrogens is 422 g/mol. The largest absolute Gasteiger partial charge is 0.293 e. The summed E-state index contributed by atoms with van der Waals surface area (Å²) in [7, 11) is 0. The standard InChI is InChI=1S/C19H13BrClNO2S/c20-15-10-8-13(9-11-15)12-22-18(23)17(25-19(22)24)7-3-5-14-4-1-2-6-16(14)21/h1-11H,12H2/b5-3+,17-7-. The SMILES string of the molecule is O=C1S/C(=C\C=C\c2ccccc2Cl)C(=O)N1Cc1ccc(Br)cc1. The van der Waals surface area contributed by atoms with E-state index in [1.54, 1.807) is 18.2 Å². The Morgan fingerprint density at radius 1 is 1.08 bits per heavy atom. The van der Waals surface area contributed by atoms with Gasteiger partial charge in [0.2, 0.25) is 0 Å². The molecule has 126 valence electrons. The summed E-state index contributed by atoms with van der Waals surface area (Å²) < 4.78 is 0.954. The van der Waals surface area contributed by atoms with Gasteiger partial charge in [-0.1, -0.05) is 70.0 Å². The number of hydrogen-bond donors (Lipinski definition) is 0. The van der Waals surface area contributed by atoms with Crippen LogP contribution in [0.1, 0.15) is 11.1 Å². The maximum absolute atomic E-state index is 12.4. The fourth-order valence-electron chi connectivity index (χ4n) is 2.27. The van der Waals surface area contributed by atoms with E-state index in [2.05, 4.69) is 15.9 Å². The van der Waals surface area contributed by atoms with E-state index < -0.39 is 0 Å². The van der Waals surface area contributed by atoms with E-state index in [1.807, 2.05) is 48.5 Å². The van der Waals surface area contributed by atoms with Crippen molar-refractivity contribution in [3.63, 3.8) is 0 Å². The van der Waals surface area contributed by atoms with E-state index in [9.17, 15) is 9.59 Å². The summed E-state index contributed by atoms with van der Waals surface area (Å²) >= 11 is 10.4. The van der Waals surface area contributed by atoms with Gasteiger partial charge in [-0.25, -0.2) is 0 Å². The number of allylic oxidation sites excluding steroid dienone is 2. The summed E-state index contributed by atoms with van der Waals surface area (Å²) in [5.41, 5.74) is 1.76. The van der Waals surface area contributed by atoms with Gasteiger partial charge in [-0.2, -0.15) is 0 Å². The van der Waals surface area contributed by atoms with Crippen LogP contribution >= 0.6 is 39.3 Å². The summed E-state index contributed by atoms with van der Waals surface area (Å²) in [5, 5.41) is 0.376. The molecular formula is C19H13BrClNO2S. The Labute approximate surface area is 163 Å². The first-order chi connectivity index (χ1) is 12.0. The summed E-state index contributed by atoms with van der Waals surface area (Å²) in [6, 6.07) is 15.0. The van der Waals surface area contributed by atoms with Crippen LogP contribution in [0.25, 0.3) is 6.08 Å². The van der Waals surface area contributed by atoms with Crippen molar-refractivity contribution in [3.8, 4) is 0 Å². The van der Waals surface area contributed by atoms with Crippen LogP contribution in [0.2, 0.25) is 5.02 Å². The van der Waals surface area contributed by atoms with Gasteiger partial charge in [-0.15, -0.1) is 0 Å². The maximum Gasteiger partial charge on any atom is 0.293 e. The third kappa shape index (κ3) is 4.42. The van der Waals surface area contributed by atoms with Gasteiger partial charge in [0.05, 0.1) is 11.4 Å². The van der Waals surface area contributed by atoms with Crippen LogP contribution in [0.15, 0.2) is 70.1 Å². The Bertz CT molecular complexity index is 877. The molecule has 1 fully saturated rings. The lowest BCUT2D eigenvalue weighted by Gasteiger charge is -2.12. The first kappa shape index (κ1) is 18.0. The highest BCUT2D eigenvalue weighted by Gasteiger charge is 2.34. The van der Waals surface area contributed by atoms with E-state index >= 15 is 0 Å². The van der Waals surface area contributed by atoms with Gasteiger partial charge in [0.1, 0.15) is 0 Å². The Kier molecular flexibility index (Phi) is 5.78. The van der Waals surface area contributed by atoms with Crippen molar-refractivity contribution in [2.45, 2.75) is 6.54 Å². The summed E-state index contributed by atoms with van der Waals surface area (Å²) in [4.78, 5) is 26.2. The van der Waals surface area contributed by atoms with Crippen molar-refractivity contribution in [1.29, 1.82) is 0 Å². The fourth-order valence-corrected chi connectivity index (χ4v) is 3.53. The van der Waals surface area contributed by atoms with Crippen molar-refractivity contribution in [3.05, 3.63) is 86.2 Å². The molecule has 3 nitrogen and oxygen atoms in total. The zero-order valence-electron chi connectivity index (χ0n) is 13.0. The fraction of sp³-hybridized carbons (Fsp3) is 0.0526. The quantitative estimate of drug-likeness (QED) is 0.563. The lowest BCUT2D eigenvalue weighted by Crippen LogP contribution is -2.27. The number of hydrogen-bond acceptors (Lipinski definition) is 3. The van der Waals surface area contributed by atoms with Gasteiger partial charge < -0.3 is 0 Å². The lowest BCUT2D eigenvalue weighted by molar-refractivity contribution is -0.123. The average molecular weight is 435 g/mol. The maximum atomic E-state index is 12.4. The Morgan fingerprint density at radius 2 is 1.80 bits per heavy atom. The highest BCUT2D eigenvalue weighted by molar-refractivity contribution is 9.10. The molecule has 2 amide bonds. The molecule has 0 bridgehead atoms. The van der Waals surface area contributed by atoms with E-state index in [0.29, 0.717) is 9.93 Å². The summed E-state index contributed by atoms with van der Waals surface area (Å²) in [6.07, 6.45) is 5.19. The molecule has 2 aromatic carbocycles. The molecule has 3 rings (SSSR count). The number of carbonyl (C=O) groups excluding carboxylic acids is 2. The second-order valence-electron chi connectivity index (χ2n) is 5.30. The highest BCUT2D eigenvalue weighted by atomic mass is 79.9. The van der Waals surface area contributed by atoms with Crippen LogP contribution in [-0.2, 0) is 11.3 Å². The molecule has 0 N–H and O–H groups in total. The van der Waals surface area contributed by atoms with Gasteiger partial charge in [-0.05, 0) is 47.2 Å². The molecule has 1 aliphatic heterocycles. The molecule has 0 radical (unpaired) electrons. The van der Waals surface area contributed by atoms with Crippen LogP contribution in [0.4, 0.5) is 4.79 Å². The van der Waals surface area contributed by atoms with Crippen LogP contribution in [0, 0.1) is 0 Å². The molecule has 25 heavy (non-hydrogen) atoms. The number of amides is 2. The van der Waals surface area contributed by atoms with Crippen LogP contribution in [-0.4, -0.2) is 16.0 Å². The predicted molar refractivity (Wildman–Crippen MR) is 106 cm³/mol. The molecule has 0 aromatic heterocycles. The van der Waals surface area contributed by atoms with Crippen molar-refractivity contribution in [1.82, 2.24) is 4.90 Å². The number of carbonyl (C=O) groups is 2. The molecule has 1 heterocycles. The van der Waals surface area contributed by atoms with Crippen molar-refractivity contribution >= 4 is 56.5 Å². The molecule has 0 saturated carbocycles. The second kappa shape index (κ2) is 8.04. The third-order valence-electron chi connectivity index (χ3n) is 3.56. The van der Waals surface area contributed by atoms with Gasteiger partial charge in [-0.3, -0.25) is 14.5 Å². The number of imide groups is 1. The molecule has 0 atom stereocenters. The van der Waals surface area contributed by atoms with Gasteiger partial charge in [0.25, 0.3) is 11.1 Å². The average Bonchev–Trinajstić information content (AvgIpc) is 2.86. The van der Waals surface area contributed by atoms with E-state index in [4.69, 9.17) is 11.6 Å². The normalized spacial score (nSPS) is 16.4. The minimum absolute atomic E-state index is 0.259. The zero-order valence-corrected chi connectivity index (χ0v) is 16.1. The molecule has 0 spiro atoms. The first-order valence-corrected chi connectivity index (χ1v) is 9.44. The van der Waals surface area contributed by atoms with E-state index in [1.165, 1.54) is 4.90 Å². The van der Waals surface area contributed by atoms with E-state index in [-0.39, 0.29) is 17.7 Å². The molecule has 1 aliphatic rings. The zero-order chi connectivity index (χ0) is 17.8. The number of halogens is 2. The Morgan fingerprint density at radius 3 is 2.52 bits per heavy atom. The lowest BCUT2D eigenvalue weighted by atomic mass is 10.2. The van der Waals surface area contributed by atoms with Crippen molar-refractivity contribution in [2.24, 2.45) is 0 Å². The van der Waals surface area contributed by atoms with Crippen molar-refractivity contribution < 1.29 is 9.59 Å². The minimum atomic E-state index is -0.276. The summed E-state index contributed by atoms with van der Waals surface area (Å²) in [5.74, 6) is -0.276. The smallest absolute Gasteiger partial charge is 0.268 e. The first-order valence-electron chi connectivity index (χ1n) is 7.45. The Balaban J connectivity index is 1.72.